The summed E-state index contributed by atoms with van der Waals surface area (Å²) in [4.78, 5) is 12.0. The molecule has 2 bridgehead atoms. The maximum atomic E-state index is 12.0. The molecule has 3 atom stereocenters. The van der Waals surface area contributed by atoms with E-state index in [1.165, 1.54) is 25.7 Å². The van der Waals surface area contributed by atoms with Gasteiger partial charge in [0.2, 0.25) is 5.91 Å². The third kappa shape index (κ3) is 2.91. The van der Waals surface area contributed by atoms with E-state index in [1.54, 1.807) is 0 Å². The maximum Gasteiger partial charge on any atom is 0.220 e. The SMILES string of the molecule is Nc1ccc(CNC(=O)CC2CC3CCC2C3)cc1. The number of hydrogen-bond acceptors (Lipinski definition) is 2. The molecule has 2 aliphatic rings. The van der Waals surface area contributed by atoms with E-state index >= 15 is 0 Å². The van der Waals surface area contributed by atoms with Crippen molar-refractivity contribution in [2.75, 3.05) is 5.73 Å². The van der Waals surface area contributed by atoms with Gasteiger partial charge in [0.1, 0.15) is 0 Å². The molecule has 2 aliphatic carbocycles. The molecule has 2 saturated carbocycles. The Hall–Kier alpha value is -1.51. The molecule has 0 radical (unpaired) electrons. The molecule has 0 aromatic heterocycles. The number of carbonyl (C=O) groups excluding carboxylic acids is 1. The normalized spacial score (nSPS) is 28.5. The summed E-state index contributed by atoms with van der Waals surface area (Å²) in [7, 11) is 0. The van der Waals surface area contributed by atoms with E-state index in [0.717, 1.165) is 29.5 Å². The van der Waals surface area contributed by atoms with Gasteiger partial charge in [0.05, 0.1) is 0 Å². The van der Waals surface area contributed by atoms with E-state index in [-0.39, 0.29) is 5.91 Å². The Labute approximate surface area is 114 Å². The largest absolute Gasteiger partial charge is 0.399 e. The third-order valence-corrected chi connectivity index (χ3v) is 4.80. The van der Waals surface area contributed by atoms with Gasteiger partial charge in [-0.15, -0.1) is 0 Å². The Balaban J connectivity index is 1.45. The van der Waals surface area contributed by atoms with Crippen LogP contribution >= 0.6 is 0 Å². The average Bonchev–Trinajstić information content (AvgIpc) is 3.00. The summed E-state index contributed by atoms with van der Waals surface area (Å²) in [6.07, 6.45) is 6.11. The number of amides is 1. The minimum absolute atomic E-state index is 0.203. The fraction of sp³-hybridized carbons (Fsp3) is 0.562. The average molecular weight is 258 g/mol. The molecular weight excluding hydrogens is 236 g/mol. The van der Waals surface area contributed by atoms with Crippen LogP contribution in [-0.2, 0) is 11.3 Å². The lowest BCUT2D eigenvalue weighted by molar-refractivity contribution is -0.122. The second kappa shape index (κ2) is 5.24. The predicted molar refractivity (Wildman–Crippen MR) is 76.3 cm³/mol. The Kier molecular flexibility index (Phi) is 3.45. The molecule has 0 aliphatic heterocycles. The van der Waals surface area contributed by atoms with Crippen LogP contribution in [0.2, 0.25) is 0 Å². The van der Waals surface area contributed by atoms with Crippen LogP contribution in [0.5, 0.6) is 0 Å². The Morgan fingerprint density at radius 3 is 2.63 bits per heavy atom. The van der Waals surface area contributed by atoms with Crippen molar-refractivity contribution in [2.45, 2.75) is 38.6 Å². The minimum Gasteiger partial charge on any atom is -0.399 e. The molecule has 1 aromatic carbocycles. The molecule has 0 heterocycles. The zero-order valence-corrected chi connectivity index (χ0v) is 11.3. The molecule has 102 valence electrons. The summed E-state index contributed by atoms with van der Waals surface area (Å²) in [6, 6.07) is 7.68. The van der Waals surface area contributed by atoms with Crippen molar-refractivity contribution < 1.29 is 4.79 Å². The third-order valence-electron chi connectivity index (χ3n) is 4.80. The molecule has 1 amide bonds. The van der Waals surface area contributed by atoms with Crippen molar-refractivity contribution in [1.29, 1.82) is 0 Å². The summed E-state index contributed by atoms with van der Waals surface area (Å²) < 4.78 is 0. The molecule has 0 spiro atoms. The van der Waals surface area contributed by atoms with E-state index in [4.69, 9.17) is 5.73 Å². The van der Waals surface area contributed by atoms with Crippen LogP contribution in [0.15, 0.2) is 24.3 Å². The Morgan fingerprint density at radius 1 is 1.21 bits per heavy atom. The van der Waals surface area contributed by atoms with Crippen molar-refractivity contribution in [3.8, 4) is 0 Å². The van der Waals surface area contributed by atoms with Crippen molar-refractivity contribution in [3.63, 3.8) is 0 Å². The molecule has 3 nitrogen and oxygen atoms in total. The molecular formula is C16H22N2O. The Morgan fingerprint density at radius 2 is 2.00 bits per heavy atom. The van der Waals surface area contributed by atoms with E-state index in [2.05, 4.69) is 5.32 Å². The highest BCUT2D eigenvalue weighted by Crippen LogP contribution is 2.49. The topological polar surface area (TPSA) is 55.1 Å². The number of carbonyl (C=O) groups is 1. The van der Waals surface area contributed by atoms with E-state index in [0.29, 0.717) is 12.5 Å². The highest BCUT2D eigenvalue weighted by atomic mass is 16.1. The van der Waals surface area contributed by atoms with Crippen molar-refractivity contribution in [2.24, 2.45) is 17.8 Å². The number of nitrogens with two attached hydrogens (primary N) is 1. The van der Waals surface area contributed by atoms with Crippen LogP contribution in [0.3, 0.4) is 0 Å². The van der Waals surface area contributed by atoms with Crippen molar-refractivity contribution in [1.82, 2.24) is 5.32 Å². The summed E-state index contributed by atoms with van der Waals surface area (Å²) in [5, 5.41) is 3.03. The predicted octanol–water partition coefficient (Wildman–Crippen LogP) is 2.71. The van der Waals surface area contributed by atoms with Gasteiger partial charge in [0, 0.05) is 18.7 Å². The number of nitrogen functional groups attached to an aromatic ring is 1. The van der Waals surface area contributed by atoms with Gasteiger partial charge >= 0.3 is 0 Å². The van der Waals surface area contributed by atoms with Gasteiger partial charge in [-0.2, -0.15) is 0 Å². The van der Waals surface area contributed by atoms with Gasteiger partial charge in [-0.1, -0.05) is 18.6 Å². The minimum atomic E-state index is 0.203. The second-order valence-electron chi connectivity index (χ2n) is 6.16. The number of benzene rings is 1. The summed E-state index contributed by atoms with van der Waals surface area (Å²) >= 11 is 0. The lowest BCUT2D eigenvalue weighted by Crippen LogP contribution is -2.26. The fourth-order valence-electron chi connectivity index (χ4n) is 3.77. The molecule has 3 heteroatoms. The van der Waals surface area contributed by atoms with Gasteiger partial charge in [0.25, 0.3) is 0 Å². The highest BCUT2D eigenvalue weighted by molar-refractivity contribution is 5.76. The first-order valence-corrected chi connectivity index (χ1v) is 7.32. The molecule has 0 saturated heterocycles. The Bertz CT molecular complexity index is 454. The van der Waals surface area contributed by atoms with Gasteiger partial charge in [-0.25, -0.2) is 0 Å². The summed E-state index contributed by atoms with van der Waals surface area (Å²) in [5.74, 6) is 2.59. The zero-order valence-electron chi connectivity index (χ0n) is 11.3. The van der Waals surface area contributed by atoms with Crippen LogP contribution in [0.25, 0.3) is 0 Å². The molecule has 3 rings (SSSR count). The van der Waals surface area contributed by atoms with Crippen molar-refractivity contribution in [3.05, 3.63) is 29.8 Å². The summed E-state index contributed by atoms with van der Waals surface area (Å²) in [5.41, 5.74) is 7.51. The molecule has 3 unspecified atom stereocenters. The standard InChI is InChI=1S/C16H22N2O/c17-15-5-2-11(3-6-15)10-18-16(19)9-14-8-12-1-4-13(14)7-12/h2-3,5-6,12-14H,1,4,7-10,17H2,(H,18,19). The van der Waals surface area contributed by atoms with Crippen LogP contribution in [0, 0.1) is 17.8 Å². The fourth-order valence-corrected chi connectivity index (χ4v) is 3.77. The van der Waals surface area contributed by atoms with Crippen molar-refractivity contribution >= 4 is 11.6 Å². The van der Waals surface area contributed by atoms with Gasteiger partial charge in [0.15, 0.2) is 0 Å². The van der Waals surface area contributed by atoms with Crippen LogP contribution in [0.4, 0.5) is 5.69 Å². The van der Waals surface area contributed by atoms with E-state index < -0.39 is 0 Å². The van der Waals surface area contributed by atoms with Gasteiger partial charge in [-0.05, 0) is 54.7 Å². The molecule has 2 fully saturated rings. The zero-order chi connectivity index (χ0) is 13.2. The van der Waals surface area contributed by atoms with Crippen LogP contribution < -0.4 is 11.1 Å². The van der Waals surface area contributed by atoms with E-state index in [9.17, 15) is 4.79 Å². The van der Waals surface area contributed by atoms with Crippen LogP contribution in [-0.4, -0.2) is 5.91 Å². The lowest BCUT2D eigenvalue weighted by atomic mass is 9.86. The number of anilines is 1. The molecule has 3 N–H and O–H groups in total. The first-order valence-electron chi connectivity index (χ1n) is 7.32. The first-order chi connectivity index (χ1) is 9.20. The quantitative estimate of drug-likeness (QED) is 0.816. The molecule has 19 heavy (non-hydrogen) atoms. The number of hydrogen-bond donors (Lipinski definition) is 2. The highest BCUT2D eigenvalue weighted by Gasteiger charge is 2.39. The number of fused-ring (bicyclic) bond motifs is 2. The lowest BCUT2D eigenvalue weighted by Gasteiger charge is -2.20. The number of nitrogens with one attached hydrogen (secondary N) is 1. The van der Waals surface area contributed by atoms with Gasteiger partial charge in [-0.3, -0.25) is 4.79 Å². The maximum absolute atomic E-state index is 12.0. The van der Waals surface area contributed by atoms with Gasteiger partial charge < -0.3 is 11.1 Å². The first kappa shape index (κ1) is 12.5. The summed E-state index contributed by atoms with van der Waals surface area (Å²) in [6.45, 7) is 0.611. The second-order valence-corrected chi connectivity index (χ2v) is 6.16. The molecule has 1 aromatic rings. The number of rotatable bonds is 4. The van der Waals surface area contributed by atoms with E-state index in [1.807, 2.05) is 24.3 Å². The van der Waals surface area contributed by atoms with Crippen LogP contribution in [0.1, 0.15) is 37.7 Å². The smallest absolute Gasteiger partial charge is 0.220 e. The monoisotopic (exact) mass is 258 g/mol.